The van der Waals surface area contributed by atoms with E-state index in [0.29, 0.717) is 0 Å². The average Bonchev–Trinajstić information content (AvgIpc) is 2.14. The Morgan fingerprint density at radius 1 is 1.12 bits per heavy atom. The number of hydrogen-bond acceptors (Lipinski definition) is 4. The molecule has 6 nitrogen and oxygen atoms in total. The smallest absolute Gasteiger partial charge is 0.228 e. The number of primary sulfonamides is 1. The predicted molar refractivity (Wildman–Crippen MR) is 56.9 cm³/mol. The number of sulfonamides is 2. The van der Waals surface area contributed by atoms with Gasteiger partial charge >= 0.3 is 0 Å². The van der Waals surface area contributed by atoms with Crippen molar-refractivity contribution in [2.75, 3.05) is 9.61 Å². The minimum atomic E-state index is -4.62. The van der Waals surface area contributed by atoms with Gasteiger partial charge in [0.05, 0.1) is 5.69 Å². The summed E-state index contributed by atoms with van der Waals surface area (Å²) in [4.78, 5) is 0. The molecule has 0 spiro atoms. The Bertz CT molecular complexity index is 555. The summed E-state index contributed by atoms with van der Waals surface area (Å²) < 4.78 is 56.4. The molecule has 9 heteroatoms. The molecule has 0 aliphatic heterocycles. The van der Waals surface area contributed by atoms with Crippen LogP contribution < -0.4 is 9.67 Å². The van der Waals surface area contributed by atoms with E-state index in [1.807, 2.05) is 0 Å². The van der Waals surface area contributed by atoms with E-state index in [-0.39, 0.29) is 5.69 Å². The van der Waals surface area contributed by atoms with Crippen molar-refractivity contribution in [3.63, 3.8) is 0 Å². The molecule has 16 heavy (non-hydrogen) atoms. The van der Waals surface area contributed by atoms with Gasteiger partial charge in [0.2, 0.25) is 10.0 Å². The zero-order valence-corrected chi connectivity index (χ0v) is 9.58. The summed E-state index contributed by atoms with van der Waals surface area (Å²) in [5, 5.41) is 3.06. The van der Waals surface area contributed by atoms with Gasteiger partial charge in [0, 0.05) is 0 Å². The highest BCUT2D eigenvalue weighted by atomic mass is 32.3. The van der Waals surface area contributed by atoms with Gasteiger partial charge in [-0.05, 0) is 12.1 Å². The zero-order chi connectivity index (χ0) is 12.4. The van der Waals surface area contributed by atoms with Crippen LogP contribution in [-0.4, -0.2) is 21.9 Å². The van der Waals surface area contributed by atoms with E-state index < -0.39 is 29.7 Å². The van der Waals surface area contributed by atoms with Crippen molar-refractivity contribution in [1.29, 1.82) is 0 Å². The van der Waals surface area contributed by atoms with E-state index in [4.69, 9.17) is 0 Å². The quantitative estimate of drug-likeness (QED) is 0.774. The molecule has 0 bridgehead atoms. The molecule has 0 aromatic heterocycles. The van der Waals surface area contributed by atoms with Gasteiger partial charge in [0.1, 0.15) is 0 Å². The molecule has 0 saturated carbocycles. The summed E-state index contributed by atoms with van der Waals surface area (Å²) in [5.74, 6) is 0. The highest BCUT2D eigenvalue weighted by molar-refractivity contribution is 8.07. The fourth-order valence-electron chi connectivity index (χ4n) is 0.960. The van der Waals surface area contributed by atoms with Crippen LogP contribution in [0.3, 0.4) is 0 Å². The molecule has 0 radical (unpaired) electrons. The third-order valence-corrected chi connectivity index (χ3v) is 4.72. The number of hydrogen-bond donors (Lipinski definition) is 1. The van der Waals surface area contributed by atoms with Crippen LogP contribution in [0.4, 0.5) is 10.2 Å². The summed E-state index contributed by atoms with van der Waals surface area (Å²) in [6, 6.07) is 6.74. The van der Waals surface area contributed by atoms with Gasteiger partial charge in [-0.2, -0.15) is 0 Å². The van der Waals surface area contributed by atoms with Crippen LogP contribution in [0.1, 0.15) is 0 Å². The van der Waals surface area contributed by atoms with Crippen LogP contribution in [0.2, 0.25) is 0 Å². The lowest BCUT2D eigenvalue weighted by Crippen LogP contribution is -2.32. The first-order valence-corrected chi connectivity index (χ1v) is 7.29. The Hall–Kier alpha value is -1.19. The fraction of sp³-hybridized carbons (Fsp3) is 0.143. The Labute approximate surface area is 92.5 Å². The van der Waals surface area contributed by atoms with Crippen molar-refractivity contribution >= 4 is 25.7 Å². The maximum Gasteiger partial charge on any atom is 0.277 e. The van der Waals surface area contributed by atoms with Gasteiger partial charge in [0.25, 0.3) is 10.0 Å². The first kappa shape index (κ1) is 12.9. The topological polar surface area (TPSA) is 97.5 Å². The van der Waals surface area contributed by atoms with Crippen LogP contribution in [-0.2, 0) is 20.0 Å². The second-order valence-corrected chi connectivity index (χ2v) is 6.70. The van der Waals surface area contributed by atoms with Gasteiger partial charge in [-0.1, -0.05) is 22.7 Å². The minimum absolute atomic E-state index is 0.286. The van der Waals surface area contributed by atoms with Crippen molar-refractivity contribution < 1.29 is 21.3 Å². The molecule has 2 N–H and O–H groups in total. The van der Waals surface area contributed by atoms with Crippen LogP contribution in [0.5, 0.6) is 0 Å². The summed E-state index contributed by atoms with van der Waals surface area (Å²) >= 11 is 0. The Morgan fingerprint density at radius 2 is 1.62 bits per heavy atom. The molecular weight excluding hydrogens is 259 g/mol. The third kappa shape index (κ3) is 3.43. The fourth-order valence-corrected chi connectivity index (χ4v) is 3.43. The summed E-state index contributed by atoms with van der Waals surface area (Å²) in [7, 11) is -8.92. The van der Waals surface area contributed by atoms with E-state index in [0.717, 1.165) is 0 Å². The predicted octanol–water partition coefficient (Wildman–Crippen LogP) is -0.0467. The van der Waals surface area contributed by atoms with E-state index >= 15 is 0 Å². The number of para-hydroxylation sites is 1. The van der Waals surface area contributed by atoms with Gasteiger partial charge in [-0.25, -0.2) is 22.0 Å². The Balaban J connectivity index is 3.03. The van der Waals surface area contributed by atoms with Crippen molar-refractivity contribution in [3.05, 3.63) is 30.3 Å². The summed E-state index contributed by atoms with van der Waals surface area (Å²) in [6.45, 7) is 0. The van der Waals surface area contributed by atoms with Crippen molar-refractivity contribution in [1.82, 2.24) is 0 Å². The van der Waals surface area contributed by atoms with Crippen LogP contribution in [0.25, 0.3) is 0 Å². The standard InChI is InChI=1S/C7H9FN2O4S2/c8-10(7-4-2-1-3-5-7)16(13,14)6-15(9,11)12/h1-5H,6H2,(H2,9,11,12). The van der Waals surface area contributed by atoms with Gasteiger partial charge in [0.15, 0.2) is 5.08 Å². The minimum Gasteiger partial charge on any atom is -0.228 e. The van der Waals surface area contributed by atoms with Crippen LogP contribution in [0, 0.1) is 0 Å². The average molecular weight is 268 g/mol. The third-order valence-electron chi connectivity index (χ3n) is 1.52. The number of halogens is 1. The van der Waals surface area contributed by atoms with Gasteiger partial charge in [-0.15, -0.1) is 4.53 Å². The zero-order valence-electron chi connectivity index (χ0n) is 7.95. The molecule has 0 aliphatic rings. The molecule has 1 rings (SSSR count). The molecule has 0 aliphatic carbocycles. The van der Waals surface area contributed by atoms with E-state index in [9.17, 15) is 21.3 Å². The number of anilines is 1. The molecule has 0 unspecified atom stereocenters. The number of rotatable bonds is 4. The van der Waals surface area contributed by atoms with Crippen molar-refractivity contribution in [3.8, 4) is 0 Å². The molecular formula is C7H9FN2O4S2. The molecule has 0 fully saturated rings. The van der Waals surface area contributed by atoms with E-state index in [1.165, 1.54) is 24.3 Å². The highest BCUT2D eigenvalue weighted by Gasteiger charge is 2.27. The lowest BCUT2D eigenvalue weighted by molar-refractivity contribution is 0.497. The molecule has 90 valence electrons. The number of benzene rings is 1. The van der Waals surface area contributed by atoms with Gasteiger partial charge < -0.3 is 0 Å². The monoisotopic (exact) mass is 268 g/mol. The largest absolute Gasteiger partial charge is 0.277 e. The molecule has 0 atom stereocenters. The summed E-state index contributed by atoms with van der Waals surface area (Å²) in [5.41, 5.74) is -0.286. The normalized spacial score (nSPS) is 12.4. The highest BCUT2D eigenvalue weighted by Crippen LogP contribution is 2.18. The van der Waals surface area contributed by atoms with Crippen molar-refractivity contribution in [2.45, 2.75) is 0 Å². The number of nitrogens with zero attached hydrogens (tertiary/aromatic N) is 1. The molecule has 1 aromatic rings. The van der Waals surface area contributed by atoms with Crippen LogP contribution in [0.15, 0.2) is 30.3 Å². The molecule has 0 heterocycles. The SMILES string of the molecule is NS(=O)(=O)CS(=O)(=O)N(F)c1ccccc1. The molecule has 0 saturated heterocycles. The van der Waals surface area contributed by atoms with Gasteiger partial charge in [-0.3, -0.25) is 0 Å². The van der Waals surface area contributed by atoms with E-state index in [1.54, 1.807) is 6.07 Å². The first-order chi connectivity index (χ1) is 7.22. The Morgan fingerprint density at radius 3 is 2.06 bits per heavy atom. The van der Waals surface area contributed by atoms with Crippen LogP contribution >= 0.6 is 0 Å². The summed E-state index contributed by atoms with van der Waals surface area (Å²) in [6.07, 6.45) is 0. The number of nitrogens with two attached hydrogens (primary N) is 1. The Kier molecular flexibility index (Phi) is 3.51. The second-order valence-electron chi connectivity index (χ2n) is 2.94. The van der Waals surface area contributed by atoms with Crippen molar-refractivity contribution in [2.24, 2.45) is 5.14 Å². The first-order valence-electron chi connectivity index (χ1n) is 3.97. The lowest BCUT2D eigenvalue weighted by atomic mass is 10.3. The molecule has 0 amide bonds. The maximum absolute atomic E-state index is 13.4. The maximum atomic E-state index is 13.4. The molecule has 1 aromatic carbocycles. The second kappa shape index (κ2) is 4.36. The lowest BCUT2D eigenvalue weighted by Gasteiger charge is -2.12. The van der Waals surface area contributed by atoms with E-state index in [2.05, 4.69) is 5.14 Å².